The van der Waals surface area contributed by atoms with Crippen LogP contribution in [0.2, 0.25) is 0 Å². The average Bonchev–Trinajstić information content (AvgIpc) is 2.50. The summed E-state index contributed by atoms with van der Waals surface area (Å²) in [7, 11) is 0. The summed E-state index contributed by atoms with van der Waals surface area (Å²) in [6, 6.07) is 8.49. The molecular weight excluding hydrogens is 324 g/mol. The van der Waals surface area contributed by atoms with Crippen LogP contribution in [0, 0.1) is 0 Å². The van der Waals surface area contributed by atoms with Gasteiger partial charge in [-0.2, -0.15) is 15.0 Å². The second-order valence-corrected chi connectivity index (χ2v) is 8.92. The van der Waals surface area contributed by atoms with E-state index in [0.717, 1.165) is 19.4 Å². The topological polar surface area (TPSA) is 66.0 Å². The molecule has 0 saturated carbocycles. The van der Waals surface area contributed by atoms with Crippen LogP contribution >= 0.6 is 0 Å². The Hall–Kier alpha value is -2.37. The fourth-order valence-electron chi connectivity index (χ4n) is 3.01. The third-order valence-electron chi connectivity index (χ3n) is 3.95. The van der Waals surface area contributed by atoms with Gasteiger partial charge in [-0.3, -0.25) is 0 Å². The molecule has 0 atom stereocenters. The molecule has 0 bridgehead atoms. The fourth-order valence-corrected chi connectivity index (χ4v) is 3.01. The van der Waals surface area contributed by atoms with Gasteiger partial charge in [0.15, 0.2) is 0 Å². The molecule has 0 unspecified atom stereocenters. The van der Waals surface area contributed by atoms with Crippen molar-refractivity contribution in [3.63, 3.8) is 0 Å². The highest BCUT2D eigenvalue weighted by atomic mass is 15.3. The highest BCUT2D eigenvalue weighted by Crippen LogP contribution is 2.32. The Balaban J connectivity index is 2.03. The minimum atomic E-state index is -0.128. The molecule has 140 valence electrons. The maximum absolute atomic E-state index is 4.72. The van der Waals surface area contributed by atoms with Gasteiger partial charge in [-0.15, -0.1) is 0 Å². The first-order valence-electron chi connectivity index (χ1n) is 9.29. The molecule has 6 nitrogen and oxygen atoms in total. The maximum atomic E-state index is 4.72. The molecule has 1 aliphatic rings. The normalized spacial score (nSPS) is 14.8. The number of anilines is 4. The van der Waals surface area contributed by atoms with E-state index in [-0.39, 0.29) is 11.1 Å². The maximum Gasteiger partial charge on any atom is 0.236 e. The lowest BCUT2D eigenvalue weighted by Gasteiger charge is -2.31. The summed E-state index contributed by atoms with van der Waals surface area (Å²) in [4.78, 5) is 16.2. The molecule has 1 aliphatic heterocycles. The Bertz CT molecular complexity index is 738. The molecule has 0 spiro atoms. The van der Waals surface area contributed by atoms with Gasteiger partial charge >= 0.3 is 0 Å². The van der Waals surface area contributed by atoms with Crippen molar-refractivity contribution < 1.29 is 0 Å². The third kappa shape index (κ3) is 4.62. The van der Waals surface area contributed by atoms with E-state index in [0.29, 0.717) is 17.8 Å². The number of aryl methyl sites for hydroxylation is 1. The van der Waals surface area contributed by atoms with E-state index < -0.39 is 0 Å². The van der Waals surface area contributed by atoms with Crippen molar-refractivity contribution in [2.24, 2.45) is 0 Å². The van der Waals surface area contributed by atoms with E-state index in [4.69, 9.17) is 9.97 Å². The van der Waals surface area contributed by atoms with Crippen LogP contribution in [0.4, 0.5) is 23.5 Å². The quantitative estimate of drug-likeness (QED) is 0.853. The lowest BCUT2D eigenvalue weighted by Crippen LogP contribution is -2.32. The van der Waals surface area contributed by atoms with Gasteiger partial charge in [0, 0.05) is 23.3 Å². The molecule has 3 rings (SSSR count). The molecule has 0 saturated heterocycles. The first-order chi connectivity index (χ1) is 12.1. The van der Waals surface area contributed by atoms with Crippen LogP contribution in [0.3, 0.4) is 0 Å². The van der Waals surface area contributed by atoms with E-state index in [1.165, 1.54) is 11.3 Å². The standard InChI is InChI=1S/C20H30N6/c1-19(2,3)24-16-21-17(25-20(4,5)6)23-18(22-16)26-13-9-11-14-10-7-8-12-15(14)26/h7-8,10,12H,9,11,13H2,1-6H3,(H2,21,22,23,24,25). The highest BCUT2D eigenvalue weighted by molar-refractivity contribution is 5.64. The zero-order valence-corrected chi connectivity index (χ0v) is 16.7. The number of nitrogens with one attached hydrogen (secondary N) is 2. The molecule has 2 aromatic rings. The van der Waals surface area contributed by atoms with Crippen LogP contribution in [0.1, 0.15) is 53.5 Å². The molecule has 1 aromatic carbocycles. The second kappa shape index (κ2) is 6.74. The molecule has 2 N–H and O–H groups in total. The van der Waals surface area contributed by atoms with Crippen molar-refractivity contribution in [1.29, 1.82) is 0 Å². The number of nitrogens with zero attached hydrogens (tertiary/aromatic N) is 4. The van der Waals surface area contributed by atoms with Crippen molar-refractivity contribution in [2.75, 3.05) is 22.1 Å². The van der Waals surface area contributed by atoms with Gasteiger partial charge < -0.3 is 15.5 Å². The van der Waals surface area contributed by atoms with Gasteiger partial charge in [0.25, 0.3) is 0 Å². The lowest BCUT2D eigenvalue weighted by atomic mass is 10.0. The van der Waals surface area contributed by atoms with Crippen LogP contribution in [0.15, 0.2) is 24.3 Å². The summed E-state index contributed by atoms with van der Waals surface area (Å²) in [5.74, 6) is 1.88. The highest BCUT2D eigenvalue weighted by Gasteiger charge is 2.23. The van der Waals surface area contributed by atoms with Gasteiger partial charge in [0.1, 0.15) is 0 Å². The zero-order chi connectivity index (χ0) is 18.9. The molecule has 26 heavy (non-hydrogen) atoms. The molecule has 2 heterocycles. The number of hydrogen-bond donors (Lipinski definition) is 2. The van der Waals surface area contributed by atoms with E-state index in [2.05, 4.69) is 86.3 Å². The van der Waals surface area contributed by atoms with Crippen LogP contribution in [-0.2, 0) is 6.42 Å². The summed E-state index contributed by atoms with van der Waals surface area (Å²) in [6.45, 7) is 13.5. The molecule has 1 aromatic heterocycles. The Morgan fingerprint density at radius 3 is 2.00 bits per heavy atom. The van der Waals surface area contributed by atoms with Gasteiger partial charge in [0.2, 0.25) is 17.8 Å². The summed E-state index contributed by atoms with van der Waals surface area (Å²) in [5, 5.41) is 6.76. The van der Waals surface area contributed by atoms with E-state index in [1.54, 1.807) is 0 Å². The molecular formula is C20H30N6. The SMILES string of the molecule is CC(C)(C)Nc1nc(NC(C)(C)C)nc(N2CCCc3ccccc32)n1. The minimum Gasteiger partial charge on any atom is -0.349 e. The van der Waals surface area contributed by atoms with Crippen molar-refractivity contribution in [3.05, 3.63) is 29.8 Å². The molecule has 6 heteroatoms. The average molecular weight is 355 g/mol. The number of aromatic nitrogens is 3. The summed E-state index contributed by atoms with van der Waals surface area (Å²) in [5.41, 5.74) is 2.28. The first kappa shape index (κ1) is 18.4. The molecule has 0 aliphatic carbocycles. The van der Waals surface area contributed by atoms with Crippen molar-refractivity contribution in [3.8, 4) is 0 Å². The van der Waals surface area contributed by atoms with Crippen molar-refractivity contribution in [2.45, 2.75) is 65.5 Å². The van der Waals surface area contributed by atoms with E-state index >= 15 is 0 Å². The second-order valence-electron chi connectivity index (χ2n) is 8.92. The number of hydrogen-bond acceptors (Lipinski definition) is 6. The van der Waals surface area contributed by atoms with Crippen molar-refractivity contribution in [1.82, 2.24) is 15.0 Å². The number of benzene rings is 1. The fraction of sp³-hybridized carbons (Fsp3) is 0.550. The van der Waals surface area contributed by atoms with Crippen LogP contribution < -0.4 is 15.5 Å². The van der Waals surface area contributed by atoms with E-state index in [9.17, 15) is 0 Å². The smallest absolute Gasteiger partial charge is 0.236 e. The number of rotatable bonds is 3. The predicted molar refractivity (Wildman–Crippen MR) is 108 cm³/mol. The molecule has 0 amide bonds. The predicted octanol–water partition coefficient (Wildman–Crippen LogP) is 4.38. The van der Waals surface area contributed by atoms with Crippen LogP contribution in [-0.4, -0.2) is 32.6 Å². The van der Waals surface area contributed by atoms with Crippen LogP contribution in [0.5, 0.6) is 0 Å². The summed E-state index contributed by atoms with van der Waals surface area (Å²) < 4.78 is 0. The van der Waals surface area contributed by atoms with Gasteiger partial charge in [-0.1, -0.05) is 18.2 Å². The van der Waals surface area contributed by atoms with Crippen LogP contribution in [0.25, 0.3) is 0 Å². The third-order valence-corrected chi connectivity index (χ3v) is 3.95. The molecule has 0 fully saturated rings. The largest absolute Gasteiger partial charge is 0.349 e. The Labute approximate surface area is 156 Å². The van der Waals surface area contributed by atoms with E-state index in [1.807, 2.05) is 0 Å². The van der Waals surface area contributed by atoms with Crippen molar-refractivity contribution >= 4 is 23.5 Å². The van der Waals surface area contributed by atoms with Gasteiger partial charge in [0.05, 0.1) is 0 Å². The number of fused-ring (bicyclic) bond motifs is 1. The minimum absolute atomic E-state index is 0.128. The summed E-state index contributed by atoms with van der Waals surface area (Å²) >= 11 is 0. The number of para-hydroxylation sites is 1. The first-order valence-corrected chi connectivity index (χ1v) is 9.29. The Kier molecular flexibility index (Phi) is 4.78. The van der Waals surface area contributed by atoms with Gasteiger partial charge in [-0.25, -0.2) is 0 Å². The lowest BCUT2D eigenvalue weighted by molar-refractivity contribution is 0.615. The molecule has 0 radical (unpaired) electrons. The monoisotopic (exact) mass is 354 g/mol. The Morgan fingerprint density at radius 2 is 1.42 bits per heavy atom. The Morgan fingerprint density at radius 1 is 0.846 bits per heavy atom. The zero-order valence-electron chi connectivity index (χ0n) is 16.7. The van der Waals surface area contributed by atoms with Gasteiger partial charge in [-0.05, 0) is 66.0 Å². The summed E-state index contributed by atoms with van der Waals surface area (Å²) in [6.07, 6.45) is 2.19.